The third kappa shape index (κ3) is 4.26. The second-order valence-corrected chi connectivity index (χ2v) is 14.8. The van der Waals surface area contributed by atoms with Gasteiger partial charge in [0, 0.05) is 19.7 Å². The Morgan fingerprint density at radius 1 is 0.358 bits per heavy atom. The van der Waals surface area contributed by atoms with Crippen LogP contribution >= 0.6 is 31.9 Å². The maximum Gasteiger partial charge on any atom is 0.346 e. The van der Waals surface area contributed by atoms with Gasteiger partial charge in [-0.3, -0.25) is 0 Å². The lowest BCUT2D eigenvalue weighted by atomic mass is 9.86. The van der Waals surface area contributed by atoms with Crippen LogP contribution in [0.3, 0.4) is 0 Å². The van der Waals surface area contributed by atoms with Gasteiger partial charge in [-0.05, 0) is 112 Å². The molecule has 10 aromatic carbocycles. The number of aromatic carboxylic acids is 2. The molecule has 0 spiro atoms. The van der Waals surface area contributed by atoms with E-state index in [2.05, 4.69) is 31.9 Å². The van der Waals surface area contributed by atoms with E-state index < -0.39 is 23.9 Å². The number of rotatable bonds is 4. The largest absolute Gasteiger partial charge is 0.478 e. The second-order valence-electron chi connectivity index (χ2n) is 13.1. The zero-order chi connectivity index (χ0) is 36.4. The Morgan fingerprint density at radius 2 is 0.660 bits per heavy atom. The number of fused-ring (bicyclic) bond motifs is 4. The van der Waals surface area contributed by atoms with E-state index in [0.29, 0.717) is 10.8 Å². The van der Waals surface area contributed by atoms with Crippen LogP contribution in [0.1, 0.15) is 41.4 Å². The van der Waals surface area contributed by atoms with E-state index in [1.54, 1.807) is 24.3 Å². The summed E-state index contributed by atoms with van der Waals surface area (Å²) in [6, 6.07) is 32.5. The van der Waals surface area contributed by atoms with Crippen molar-refractivity contribution in [2.24, 2.45) is 0 Å². The average Bonchev–Trinajstić information content (AvgIpc) is 3.16. The van der Waals surface area contributed by atoms with Gasteiger partial charge in [0.25, 0.3) is 0 Å². The zero-order valence-electron chi connectivity index (χ0n) is 27.1. The molecule has 0 heterocycles. The molecule has 252 valence electrons. The molecule has 0 aliphatic carbocycles. The quantitative estimate of drug-likeness (QED) is 0.0785. The minimum Gasteiger partial charge on any atom is -0.478 e. The highest BCUT2D eigenvalue weighted by Gasteiger charge is 2.28. The topological polar surface area (TPSA) is 118 Å². The normalized spacial score (nSPS) is 12.0. The molecule has 9 heteroatoms. The Morgan fingerprint density at radius 3 is 1.04 bits per heavy atom. The van der Waals surface area contributed by atoms with E-state index >= 15 is 0 Å². The minimum atomic E-state index is -1.24. The Kier molecular flexibility index (Phi) is 6.65. The van der Waals surface area contributed by atoms with Crippen LogP contribution in [-0.4, -0.2) is 34.1 Å². The first kappa shape index (κ1) is 31.6. The fraction of sp³-hybridized carbons (Fsp3) is 0. The summed E-state index contributed by atoms with van der Waals surface area (Å²) in [6.45, 7) is 0. The molecule has 10 aromatic rings. The number of halogens is 2. The van der Waals surface area contributed by atoms with Gasteiger partial charge in [-0.15, -0.1) is 0 Å². The van der Waals surface area contributed by atoms with Crippen molar-refractivity contribution < 1.29 is 34.1 Å². The molecule has 0 bridgehead atoms. The predicted molar refractivity (Wildman–Crippen MR) is 214 cm³/mol. The molecule has 0 fully saturated rings. The van der Waals surface area contributed by atoms with E-state index in [-0.39, 0.29) is 33.0 Å². The van der Waals surface area contributed by atoms with Crippen LogP contribution in [0, 0.1) is 0 Å². The molecule has 0 amide bonds. The van der Waals surface area contributed by atoms with Gasteiger partial charge in [-0.1, -0.05) is 105 Å². The van der Waals surface area contributed by atoms with Crippen LogP contribution in [0.5, 0.6) is 0 Å². The van der Waals surface area contributed by atoms with Gasteiger partial charge < -0.3 is 14.9 Å². The number of carboxylic acid groups (broad SMARTS) is 2. The Labute approximate surface area is 314 Å². The molecule has 0 aliphatic heterocycles. The summed E-state index contributed by atoms with van der Waals surface area (Å²) < 4.78 is 7.41. The van der Waals surface area contributed by atoms with E-state index in [9.17, 15) is 29.4 Å². The molecular formula is C44H20Br2O7. The predicted octanol–water partition coefficient (Wildman–Crippen LogP) is 11.7. The third-order valence-corrected chi connectivity index (χ3v) is 11.9. The van der Waals surface area contributed by atoms with Crippen molar-refractivity contribution in [2.75, 3.05) is 0 Å². The number of carbonyl (C=O) groups excluding carboxylic acids is 2. The van der Waals surface area contributed by atoms with Crippen molar-refractivity contribution in [1.82, 2.24) is 0 Å². The van der Waals surface area contributed by atoms with Gasteiger partial charge in [0.2, 0.25) is 0 Å². The Balaban J connectivity index is 1.19. The lowest BCUT2D eigenvalue weighted by Gasteiger charge is -2.18. The van der Waals surface area contributed by atoms with Crippen LogP contribution in [0.25, 0.3) is 86.2 Å². The minimum absolute atomic E-state index is 0.101. The fourth-order valence-electron chi connectivity index (χ4n) is 8.42. The highest BCUT2D eigenvalue weighted by atomic mass is 79.9. The Bertz CT molecular complexity index is 3070. The van der Waals surface area contributed by atoms with Crippen molar-refractivity contribution in [3.05, 3.63) is 140 Å². The zero-order valence-corrected chi connectivity index (χ0v) is 30.3. The van der Waals surface area contributed by atoms with Crippen molar-refractivity contribution >= 4 is 142 Å². The summed E-state index contributed by atoms with van der Waals surface area (Å²) >= 11 is 7.30. The Hall–Kier alpha value is -6.16. The monoisotopic (exact) mass is 818 g/mol. The van der Waals surface area contributed by atoms with E-state index in [4.69, 9.17) is 4.74 Å². The van der Waals surface area contributed by atoms with Crippen molar-refractivity contribution in [1.29, 1.82) is 0 Å². The highest BCUT2D eigenvalue weighted by Crippen LogP contribution is 2.46. The van der Waals surface area contributed by atoms with Crippen LogP contribution in [0.2, 0.25) is 0 Å². The molecule has 0 saturated carbocycles. The molecule has 0 unspecified atom stereocenters. The van der Waals surface area contributed by atoms with E-state index in [0.717, 1.165) is 73.6 Å². The number of esters is 2. The number of hydrogen-bond donors (Lipinski definition) is 2. The van der Waals surface area contributed by atoms with Gasteiger partial charge in [-0.2, -0.15) is 0 Å². The van der Waals surface area contributed by atoms with Crippen molar-refractivity contribution in [3.63, 3.8) is 0 Å². The molecule has 0 saturated heterocycles. The summed E-state index contributed by atoms with van der Waals surface area (Å²) in [7, 11) is 0. The van der Waals surface area contributed by atoms with Gasteiger partial charge in [0.05, 0.1) is 22.3 Å². The molecular weight excluding hydrogens is 800 g/mol. The van der Waals surface area contributed by atoms with E-state index in [1.165, 1.54) is 24.3 Å². The van der Waals surface area contributed by atoms with Gasteiger partial charge >= 0.3 is 23.9 Å². The van der Waals surface area contributed by atoms with Crippen molar-refractivity contribution in [2.45, 2.75) is 0 Å². The number of ether oxygens (including phenoxy) is 1. The van der Waals surface area contributed by atoms with Gasteiger partial charge in [0.15, 0.2) is 0 Å². The first-order valence-electron chi connectivity index (χ1n) is 16.5. The summed E-state index contributed by atoms with van der Waals surface area (Å²) in [4.78, 5) is 53.6. The molecule has 7 nitrogen and oxygen atoms in total. The molecule has 53 heavy (non-hydrogen) atoms. The smallest absolute Gasteiger partial charge is 0.346 e. The standard InChI is InChI=1S/C44H20Br2O7/c45-33-17-15-21-25-7-11-29(41(47)48)39-31(13-9-23(37(25)39)19-3-1-5-27(33)35(19)21)43(51)53-44(52)32-14-10-24-20-4-2-6-28-34(46)18-16-22(36(20)28)26-8-12-30(42(49)50)40(32)38(24)26/h1-18H,(H,47,48)(H,49,50). The number of hydrogen-bond acceptors (Lipinski definition) is 5. The molecule has 2 N–H and O–H groups in total. The summed E-state index contributed by atoms with van der Waals surface area (Å²) in [5, 5.41) is 32.6. The highest BCUT2D eigenvalue weighted by molar-refractivity contribution is 9.11. The maximum absolute atomic E-state index is 14.1. The van der Waals surface area contributed by atoms with Crippen molar-refractivity contribution in [3.8, 4) is 0 Å². The number of benzene rings is 10. The van der Waals surface area contributed by atoms with Crippen LogP contribution in [0.4, 0.5) is 0 Å². The maximum atomic E-state index is 14.1. The lowest BCUT2D eigenvalue weighted by molar-refractivity contribution is 0.0400. The summed E-state index contributed by atoms with van der Waals surface area (Å²) in [5.74, 6) is -4.60. The summed E-state index contributed by atoms with van der Waals surface area (Å²) in [5.41, 5.74) is -0.438. The molecule has 0 aromatic heterocycles. The van der Waals surface area contributed by atoms with E-state index in [1.807, 2.05) is 60.7 Å². The first-order valence-corrected chi connectivity index (χ1v) is 18.1. The number of carboxylic acids is 2. The van der Waals surface area contributed by atoms with Gasteiger partial charge in [0.1, 0.15) is 0 Å². The third-order valence-electron chi connectivity index (χ3n) is 10.5. The summed E-state index contributed by atoms with van der Waals surface area (Å²) in [6.07, 6.45) is 0. The first-order chi connectivity index (χ1) is 25.6. The molecule has 0 radical (unpaired) electrons. The lowest BCUT2D eigenvalue weighted by Crippen LogP contribution is -2.15. The average molecular weight is 820 g/mol. The van der Waals surface area contributed by atoms with Crippen LogP contribution in [0.15, 0.2) is 118 Å². The fourth-order valence-corrected chi connectivity index (χ4v) is 9.34. The second kappa shape index (κ2) is 11.2. The SMILES string of the molecule is O=C(O)c1ccc2c3ccc(Br)c4cccc(c5ccc(C(=O)OC(=O)c6ccc7c8cccc9c(Br)ccc(c%10ccc(C(=O)O)c6c%107)c98)c1c25)c43. The molecule has 0 aliphatic rings. The van der Waals surface area contributed by atoms with Gasteiger partial charge in [-0.25, -0.2) is 19.2 Å². The molecule has 0 atom stereocenters. The van der Waals surface area contributed by atoms with Crippen LogP contribution < -0.4 is 0 Å². The molecule has 10 rings (SSSR count). The number of carbonyl (C=O) groups is 4. The van der Waals surface area contributed by atoms with Crippen LogP contribution in [-0.2, 0) is 4.74 Å².